The Morgan fingerprint density at radius 3 is 3.00 bits per heavy atom. The van der Waals surface area contributed by atoms with E-state index in [4.69, 9.17) is 0 Å². The smallest absolute Gasteiger partial charge is 0.149 e. The molecule has 0 aromatic heterocycles. The van der Waals surface area contributed by atoms with Gasteiger partial charge in [-0.2, -0.15) is 0 Å². The van der Waals surface area contributed by atoms with Crippen molar-refractivity contribution >= 4 is 0 Å². The average molecular weight is 193 g/mol. The van der Waals surface area contributed by atoms with Crippen LogP contribution in [0.3, 0.4) is 0 Å². The number of rotatable bonds is 2. The molecule has 0 amide bonds. The van der Waals surface area contributed by atoms with Crippen molar-refractivity contribution < 1.29 is 4.39 Å². The molecule has 0 bridgehead atoms. The quantitative estimate of drug-likeness (QED) is 0.760. The van der Waals surface area contributed by atoms with Crippen molar-refractivity contribution in [1.29, 1.82) is 0 Å². The van der Waals surface area contributed by atoms with Crippen LogP contribution in [0.2, 0.25) is 0 Å². The van der Waals surface area contributed by atoms with Gasteiger partial charge in [0.2, 0.25) is 0 Å². The summed E-state index contributed by atoms with van der Waals surface area (Å²) in [4.78, 5) is 0. The fourth-order valence-corrected chi connectivity index (χ4v) is 1.98. The predicted molar refractivity (Wildman–Crippen MR) is 56.1 cm³/mol. The van der Waals surface area contributed by atoms with Gasteiger partial charge in [0.05, 0.1) is 0 Å². The Labute approximate surface area is 84.3 Å². The van der Waals surface area contributed by atoms with Crippen LogP contribution in [-0.2, 0) is 12.1 Å². The molecule has 0 unspecified atom stereocenters. The molecule has 1 atom stereocenters. The van der Waals surface area contributed by atoms with Gasteiger partial charge in [-0.3, -0.25) is 0 Å². The van der Waals surface area contributed by atoms with Gasteiger partial charge < -0.3 is 5.32 Å². The summed E-state index contributed by atoms with van der Waals surface area (Å²) in [6, 6.07) is 7.89. The molecule has 1 heterocycles. The van der Waals surface area contributed by atoms with Crippen LogP contribution in [0.25, 0.3) is 0 Å². The first kappa shape index (κ1) is 9.66. The minimum Gasteiger partial charge on any atom is -0.313 e. The van der Waals surface area contributed by atoms with Crippen LogP contribution in [0.5, 0.6) is 0 Å². The molecule has 1 fully saturated rings. The molecule has 1 nitrogen and oxygen atoms in total. The zero-order valence-electron chi connectivity index (χ0n) is 8.52. The Kier molecular flexibility index (Phi) is 2.55. The third-order valence-corrected chi connectivity index (χ3v) is 2.96. The summed E-state index contributed by atoms with van der Waals surface area (Å²) in [5.41, 5.74) is 0.916. The van der Waals surface area contributed by atoms with Crippen molar-refractivity contribution in [2.45, 2.75) is 25.4 Å². The maximum absolute atomic E-state index is 14.3. The highest BCUT2D eigenvalue weighted by Gasteiger charge is 2.35. The van der Waals surface area contributed by atoms with Crippen molar-refractivity contribution in [3.05, 3.63) is 35.4 Å². The Morgan fingerprint density at radius 2 is 2.36 bits per heavy atom. The van der Waals surface area contributed by atoms with Crippen LogP contribution in [0.15, 0.2) is 24.3 Å². The predicted octanol–water partition coefficient (Wildman–Crippen LogP) is 2.41. The monoisotopic (exact) mass is 193 g/mol. The van der Waals surface area contributed by atoms with Crippen LogP contribution in [0, 0.1) is 0 Å². The van der Waals surface area contributed by atoms with E-state index in [1.165, 1.54) is 5.56 Å². The Hall–Kier alpha value is -0.890. The number of aryl methyl sites for hydroxylation is 1. The van der Waals surface area contributed by atoms with Crippen molar-refractivity contribution in [2.24, 2.45) is 0 Å². The zero-order valence-corrected chi connectivity index (χ0v) is 8.52. The molecule has 2 rings (SSSR count). The van der Waals surface area contributed by atoms with Gasteiger partial charge in [-0.1, -0.05) is 31.2 Å². The summed E-state index contributed by atoms with van der Waals surface area (Å²) in [5, 5.41) is 3.07. The van der Waals surface area contributed by atoms with Gasteiger partial charge in [0.25, 0.3) is 0 Å². The maximum atomic E-state index is 14.3. The number of alkyl halides is 1. The second kappa shape index (κ2) is 3.70. The summed E-state index contributed by atoms with van der Waals surface area (Å²) in [5.74, 6) is 0. The molecule has 14 heavy (non-hydrogen) atoms. The van der Waals surface area contributed by atoms with Crippen LogP contribution in [-0.4, -0.2) is 13.1 Å². The molecule has 1 aromatic rings. The summed E-state index contributed by atoms with van der Waals surface area (Å²) in [6.45, 7) is 3.34. The van der Waals surface area contributed by atoms with Crippen LogP contribution in [0.4, 0.5) is 4.39 Å². The van der Waals surface area contributed by atoms with Gasteiger partial charge in [0.15, 0.2) is 0 Å². The molecule has 0 radical (unpaired) electrons. The molecule has 76 valence electrons. The first-order chi connectivity index (χ1) is 6.74. The molecule has 1 aliphatic heterocycles. The van der Waals surface area contributed by atoms with E-state index in [0.717, 1.165) is 18.5 Å². The first-order valence-electron chi connectivity index (χ1n) is 5.24. The van der Waals surface area contributed by atoms with E-state index in [1.807, 2.05) is 18.2 Å². The fourth-order valence-electron chi connectivity index (χ4n) is 1.98. The highest BCUT2D eigenvalue weighted by molar-refractivity contribution is 5.29. The van der Waals surface area contributed by atoms with Crippen LogP contribution in [0.1, 0.15) is 24.5 Å². The van der Waals surface area contributed by atoms with E-state index >= 15 is 0 Å². The molecule has 0 spiro atoms. The first-order valence-corrected chi connectivity index (χ1v) is 5.24. The average Bonchev–Trinajstić information content (AvgIpc) is 2.67. The number of hydrogen-bond donors (Lipinski definition) is 1. The molecule has 0 aliphatic carbocycles. The molecule has 0 saturated carbocycles. The number of benzene rings is 1. The Balaban J connectivity index is 2.30. The molecule has 1 aliphatic rings. The van der Waals surface area contributed by atoms with Crippen LogP contribution < -0.4 is 5.32 Å². The number of halogens is 1. The number of hydrogen-bond acceptors (Lipinski definition) is 1. The molecular formula is C12H16FN. The number of nitrogens with one attached hydrogen (secondary N) is 1. The molecule has 1 N–H and O–H groups in total. The molecule has 1 aromatic carbocycles. The largest absolute Gasteiger partial charge is 0.313 e. The van der Waals surface area contributed by atoms with Crippen molar-refractivity contribution in [2.75, 3.05) is 13.1 Å². The van der Waals surface area contributed by atoms with E-state index in [9.17, 15) is 4.39 Å². The van der Waals surface area contributed by atoms with Gasteiger partial charge in [-0.15, -0.1) is 0 Å². The van der Waals surface area contributed by atoms with Crippen molar-refractivity contribution in [1.82, 2.24) is 5.32 Å². The van der Waals surface area contributed by atoms with E-state index in [0.29, 0.717) is 13.0 Å². The fraction of sp³-hybridized carbons (Fsp3) is 0.500. The standard InChI is InChI=1S/C12H16FN/c1-2-10-4-3-5-11(8-10)12(13)6-7-14-9-12/h3-5,8,14H,2,6-7,9H2,1H3/t12-/m0/s1. The summed E-state index contributed by atoms with van der Waals surface area (Å²) < 4.78 is 14.3. The second-order valence-electron chi connectivity index (χ2n) is 3.95. The van der Waals surface area contributed by atoms with Gasteiger partial charge in [0.1, 0.15) is 5.67 Å². The third-order valence-electron chi connectivity index (χ3n) is 2.96. The van der Waals surface area contributed by atoms with E-state index < -0.39 is 5.67 Å². The highest BCUT2D eigenvalue weighted by atomic mass is 19.1. The summed E-state index contributed by atoms with van der Waals surface area (Å²) in [6.07, 6.45) is 1.57. The summed E-state index contributed by atoms with van der Waals surface area (Å²) in [7, 11) is 0. The zero-order chi connectivity index (χ0) is 10.0. The van der Waals surface area contributed by atoms with Crippen molar-refractivity contribution in [3.63, 3.8) is 0 Å². The lowest BCUT2D eigenvalue weighted by molar-refractivity contribution is 0.193. The SMILES string of the molecule is CCc1cccc([C@]2(F)CCNC2)c1. The Morgan fingerprint density at radius 1 is 1.50 bits per heavy atom. The van der Waals surface area contributed by atoms with Gasteiger partial charge in [-0.25, -0.2) is 4.39 Å². The van der Waals surface area contributed by atoms with E-state index in [-0.39, 0.29) is 0 Å². The molecular weight excluding hydrogens is 177 g/mol. The minimum absolute atomic E-state index is 0.458. The third kappa shape index (κ3) is 1.67. The minimum atomic E-state index is -1.13. The maximum Gasteiger partial charge on any atom is 0.149 e. The van der Waals surface area contributed by atoms with Gasteiger partial charge in [-0.05, 0) is 30.5 Å². The normalized spacial score (nSPS) is 26.7. The highest BCUT2D eigenvalue weighted by Crippen LogP contribution is 2.32. The molecule has 2 heteroatoms. The van der Waals surface area contributed by atoms with Gasteiger partial charge >= 0.3 is 0 Å². The van der Waals surface area contributed by atoms with Crippen molar-refractivity contribution in [3.8, 4) is 0 Å². The lowest BCUT2D eigenvalue weighted by Gasteiger charge is -2.19. The summed E-state index contributed by atoms with van der Waals surface area (Å²) >= 11 is 0. The molecule has 1 saturated heterocycles. The van der Waals surface area contributed by atoms with E-state index in [1.54, 1.807) is 0 Å². The topological polar surface area (TPSA) is 12.0 Å². The van der Waals surface area contributed by atoms with Gasteiger partial charge in [0, 0.05) is 6.54 Å². The lowest BCUT2D eigenvalue weighted by atomic mass is 9.93. The van der Waals surface area contributed by atoms with Crippen LogP contribution >= 0.6 is 0 Å². The Bertz CT molecular complexity index is 316. The lowest BCUT2D eigenvalue weighted by Crippen LogP contribution is -2.23. The van der Waals surface area contributed by atoms with E-state index in [2.05, 4.69) is 18.3 Å². The second-order valence-corrected chi connectivity index (χ2v) is 3.95.